The second kappa shape index (κ2) is 12.2. The Balaban J connectivity index is 0.000000142. The summed E-state index contributed by atoms with van der Waals surface area (Å²) in [5.74, 6) is 1.05. The Morgan fingerprint density at radius 2 is 1.53 bits per heavy atom. The lowest BCUT2D eigenvalue weighted by atomic mass is 10.1. The van der Waals surface area contributed by atoms with Crippen molar-refractivity contribution in [1.82, 2.24) is 25.3 Å². The first-order valence-corrected chi connectivity index (χ1v) is 11.3. The van der Waals surface area contributed by atoms with Crippen LogP contribution >= 0.6 is 11.6 Å². The number of aryl methyl sites for hydroxylation is 2. The van der Waals surface area contributed by atoms with Crippen molar-refractivity contribution in [3.63, 3.8) is 0 Å². The monoisotopic (exact) mass is 462 g/mol. The molecule has 0 radical (unpaired) electrons. The first-order chi connectivity index (χ1) is 15.5. The zero-order valence-corrected chi connectivity index (χ0v) is 19.5. The molecule has 9 nitrogen and oxygen atoms in total. The van der Waals surface area contributed by atoms with E-state index in [1.165, 1.54) is 6.20 Å². The normalized spacial score (nSPS) is 19.6. The van der Waals surface area contributed by atoms with Crippen LogP contribution in [-0.4, -0.2) is 70.9 Å². The summed E-state index contributed by atoms with van der Waals surface area (Å²) in [6.07, 6.45) is 9.94. The molecule has 0 unspecified atom stereocenters. The van der Waals surface area contributed by atoms with E-state index in [2.05, 4.69) is 30.2 Å². The number of carbonyl (C=O) groups is 1. The van der Waals surface area contributed by atoms with Gasteiger partial charge >= 0.3 is 0 Å². The van der Waals surface area contributed by atoms with Crippen molar-refractivity contribution in [1.29, 1.82) is 0 Å². The summed E-state index contributed by atoms with van der Waals surface area (Å²) in [6.45, 7) is 8.93. The average molecular weight is 463 g/mol. The maximum Gasteiger partial charge on any atom is 0.170 e. The van der Waals surface area contributed by atoms with E-state index in [0.717, 1.165) is 69.4 Å². The van der Waals surface area contributed by atoms with E-state index in [-0.39, 0.29) is 5.79 Å². The summed E-state index contributed by atoms with van der Waals surface area (Å²) in [6, 6.07) is 0. The first-order valence-electron chi connectivity index (χ1n) is 10.9. The lowest BCUT2D eigenvalue weighted by Crippen LogP contribution is -2.42. The molecule has 0 bridgehead atoms. The number of hydrogen-bond donors (Lipinski definition) is 1. The summed E-state index contributed by atoms with van der Waals surface area (Å²) in [4.78, 5) is 29.3. The average Bonchev–Trinajstić information content (AvgIpc) is 3.23. The predicted molar refractivity (Wildman–Crippen MR) is 122 cm³/mol. The molecule has 1 N–H and O–H groups in total. The molecule has 32 heavy (non-hydrogen) atoms. The third-order valence-electron chi connectivity index (χ3n) is 5.29. The minimum absolute atomic E-state index is 0.189. The molecular formula is C22H31ClN6O3. The second-order valence-corrected chi connectivity index (χ2v) is 8.27. The van der Waals surface area contributed by atoms with Gasteiger partial charge in [-0.3, -0.25) is 14.8 Å². The molecule has 10 heteroatoms. The lowest BCUT2D eigenvalue weighted by Gasteiger charge is -2.31. The molecule has 5 heterocycles. The van der Waals surface area contributed by atoms with Crippen molar-refractivity contribution >= 4 is 23.2 Å². The number of piperidine rings is 2. The largest absolute Gasteiger partial charge is 0.354 e. The fraction of sp³-hybridized carbons (Fsp3) is 0.591. The number of carbonyl (C=O) groups excluding carboxylic acids is 1. The molecule has 3 fully saturated rings. The highest BCUT2D eigenvalue weighted by Gasteiger charge is 2.37. The number of nitrogens with one attached hydrogen (secondary N) is 1. The molecule has 0 saturated carbocycles. The Morgan fingerprint density at radius 1 is 0.938 bits per heavy atom. The summed E-state index contributed by atoms with van der Waals surface area (Å²) in [5.41, 5.74) is 1.76. The SMILES string of the molecule is C1CC2(CCN1)OCCO2.Cc1cncc(Cl)n1.Cc1cncc(N2CCC(=O)CC2)n1. The zero-order chi connectivity index (χ0) is 22.8. The summed E-state index contributed by atoms with van der Waals surface area (Å²) >= 11 is 5.47. The number of anilines is 1. The van der Waals surface area contributed by atoms with Crippen LogP contribution in [0.3, 0.4) is 0 Å². The molecule has 2 aromatic heterocycles. The molecule has 0 atom stereocenters. The topological polar surface area (TPSA) is 102 Å². The molecule has 5 rings (SSSR count). The molecule has 0 aromatic carbocycles. The van der Waals surface area contributed by atoms with Crippen molar-refractivity contribution in [2.24, 2.45) is 0 Å². The van der Waals surface area contributed by atoms with Crippen molar-refractivity contribution in [3.8, 4) is 0 Å². The maximum absolute atomic E-state index is 11.0. The van der Waals surface area contributed by atoms with Crippen LogP contribution in [0.1, 0.15) is 37.1 Å². The van der Waals surface area contributed by atoms with Crippen LogP contribution in [-0.2, 0) is 14.3 Å². The van der Waals surface area contributed by atoms with Gasteiger partial charge in [-0.15, -0.1) is 0 Å². The number of hydrogen-bond acceptors (Lipinski definition) is 9. The predicted octanol–water partition coefficient (Wildman–Crippen LogP) is 2.51. The third-order valence-corrected chi connectivity index (χ3v) is 5.47. The van der Waals surface area contributed by atoms with Crippen molar-refractivity contribution in [2.45, 2.75) is 45.3 Å². The fourth-order valence-electron chi connectivity index (χ4n) is 3.61. The molecule has 0 aliphatic carbocycles. The molecule has 3 aliphatic heterocycles. The summed E-state index contributed by atoms with van der Waals surface area (Å²) in [7, 11) is 0. The number of halogens is 1. The quantitative estimate of drug-likeness (QED) is 0.684. The molecule has 2 aromatic rings. The molecule has 0 amide bonds. The first kappa shape index (κ1) is 24.4. The van der Waals surface area contributed by atoms with Gasteiger partial charge in [-0.05, 0) is 13.8 Å². The van der Waals surface area contributed by atoms with E-state index in [9.17, 15) is 4.79 Å². The number of ketones is 1. The van der Waals surface area contributed by atoms with Crippen LogP contribution in [0, 0.1) is 13.8 Å². The van der Waals surface area contributed by atoms with Crippen LogP contribution in [0.4, 0.5) is 5.82 Å². The lowest BCUT2D eigenvalue weighted by molar-refractivity contribution is -0.172. The smallest absolute Gasteiger partial charge is 0.170 e. The van der Waals surface area contributed by atoms with Crippen LogP contribution in [0.15, 0.2) is 24.8 Å². The standard InChI is InChI=1S/C10H13N3O.C7H13NO2.C5H5ClN2/c1-8-6-11-7-10(12-8)13-4-2-9(14)3-5-13;1-3-8-4-2-7(1)9-5-6-10-7;1-4-2-7-3-5(6)8-4/h6-7H,2-5H2,1H3;8H,1-6H2;2-3H,1H3. The van der Waals surface area contributed by atoms with Gasteiger partial charge in [0.2, 0.25) is 0 Å². The van der Waals surface area contributed by atoms with E-state index in [1.54, 1.807) is 18.6 Å². The second-order valence-electron chi connectivity index (χ2n) is 7.89. The van der Waals surface area contributed by atoms with Crippen LogP contribution in [0.25, 0.3) is 0 Å². The Hall–Kier alpha value is -2.20. The van der Waals surface area contributed by atoms with Gasteiger partial charge in [0, 0.05) is 64.3 Å². The highest BCUT2D eigenvalue weighted by molar-refractivity contribution is 6.29. The van der Waals surface area contributed by atoms with Gasteiger partial charge in [0.05, 0.1) is 37.0 Å². The number of ether oxygens (including phenoxy) is 2. The Kier molecular flexibility index (Phi) is 9.28. The van der Waals surface area contributed by atoms with Gasteiger partial charge < -0.3 is 19.7 Å². The highest BCUT2D eigenvalue weighted by atomic mass is 35.5. The fourth-order valence-corrected chi connectivity index (χ4v) is 3.80. The minimum atomic E-state index is -0.189. The molecule has 1 spiro atoms. The number of rotatable bonds is 1. The number of aromatic nitrogens is 4. The molecule has 3 saturated heterocycles. The van der Waals surface area contributed by atoms with Gasteiger partial charge in [-0.2, -0.15) is 0 Å². The molecule has 3 aliphatic rings. The van der Waals surface area contributed by atoms with E-state index in [1.807, 2.05) is 13.8 Å². The minimum Gasteiger partial charge on any atom is -0.354 e. The van der Waals surface area contributed by atoms with Gasteiger partial charge in [0.1, 0.15) is 16.8 Å². The van der Waals surface area contributed by atoms with Crippen molar-refractivity contribution in [2.75, 3.05) is 44.3 Å². The Morgan fingerprint density at radius 3 is 2.06 bits per heavy atom. The van der Waals surface area contributed by atoms with E-state index in [4.69, 9.17) is 21.1 Å². The van der Waals surface area contributed by atoms with Crippen molar-refractivity contribution in [3.05, 3.63) is 41.3 Å². The summed E-state index contributed by atoms with van der Waals surface area (Å²) in [5, 5.41) is 3.72. The highest BCUT2D eigenvalue weighted by Crippen LogP contribution is 2.28. The van der Waals surface area contributed by atoms with Crippen LogP contribution < -0.4 is 10.2 Å². The van der Waals surface area contributed by atoms with Crippen LogP contribution in [0.2, 0.25) is 5.15 Å². The zero-order valence-electron chi connectivity index (χ0n) is 18.7. The number of Topliss-reactive ketones (excluding diaryl/α,β-unsaturated/α-hetero) is 1. The Labute approximate surface area is 193 Å². The van der Waals surface area contributed by atoms with E-state index >= 15 is 0 Å². The third kappa shape index (κ3) is 7.74. The maximum atomic E-state index is 11.0. The Bertz CT molecular complexity index is 843. The van der Waals surface area contributed by atoms with Gasteiger partial charge in [0.15, 0.2) is 5.79 Å². The van der Waals surface area contributed by atoms with E-state index < -0.39 is 0 Å². The van der Waals surface area contributed by atoms with Gasteiger partial charge in [-0.1, -0.05) is 11.6 Å². The van der Waals surface area contributed by atoms with Crippen molar-refractivity contribution < 1.29 is 14.3 Å². The van der Waals surface area contributed by atoms with E-state index in [0.29, 0.717) is 23.8 Å². The molecular weight excluding hydrogens is 432 g/mol. The molecule has 174 valence electrons. The van der Waals surface area contributed by atoms with Crippen LogP contribution in [0.5, 0.6) is 0 Å². The van der Waals surface area contributed by atoms with Gasteiger partial charge in [-0.25, -0.2) is 9.97 Å². The summed E-state index contributed by atoms with van der Waals surface area (Å²) < 4.78 is 11.0. The van der Waals surface area contributed by atoms with Gasteiger partial charge in [0.25, 0.3) is 0 Å². The number of nitrogens with zero attached hydrogens (tertiary/aromatic N) is 5.